The van der Waals surface area contributed by atoms with Gasteiger partial charge in [-0.05, 0) is 81.1 Å². The second-order valence-electron chi connectivity index (χ2n) is 11.3. The molecule has 0 spiro atoms. The van der Waals surface area contributed by atoms with Crippen LogP contribution in [0.15, 0.2) is 0 Å². The summed E-state index contributed by atoms with van der Waals surface area (Å²) in [6.45, 7) is 15.0. The van der Waals surface area contributed by atoms with E-state index in [0.29, 0.717) is 25.7 Å². The smallest absolute Gasteiger partial charge is 0.325 e. The minimum atomic E-state index is -0.704. The molecule has 2 rings (SSSR count). The van der Waals surface area contributed by atoms with Crippen LogP contribution in [0.4, 0.5) is 0 Å². The highest BCUT2D eigenvalue weighted by Gasteiger charge is 2.49. The normalized spacial score (nSPS) is 26.9. The number of piperidine rings is 2. The zero-order chi connectivity index (χ0) is 23.1. The van der Waals surface area contributed by atoms with E-state index in [9.17, 15) is 19.8 Å². The standard InChI is InChI=1S/C22H38N2O6/c1-19(2)11-15(25)12-20(3,4)23(19)29-17(27)9-10-18(28)30-24-21(5,6)13-16(26)14-22(24,7)8/h15-16H,9-14H2,1-8H3. The number of nitrogens with zero attached hydrogens (tertiary/aromatic N) is 2. The van der Waals surface area contributed by atoms with E-state index in [1.165, 1.54) is 0 Å². The summed E-state index contributed by atoms with van der Waals surface area (Å²) in [5, 5.41) is 27.4. The third-order valence-electron chi connectivity index (χ3n) is 6.03. The lowest BCUT2D eigenvalue weighted by atomic mass is 9.80. The van der Waals surface area contributed by atoms with Gasteiger partial charge >= 0.3 is 11.9 Å². The maximum Gasteiger partial charge on any atom is 0.325 e. The molecule has 0 amide bonds. The minimum absolute atomic E-state index is 0.124. The first-order valence-corrected chi connectivity index (χ1v) is 10.8. The Labute approximate surface area is 180 Å². The third kappa shape index (κ3) is 5.72. The Bertz CT molecular complexity index is 566. The van der Waals surface area contributed by atoms with Gasteiger partial charge in [-0.1, -0.05) is 0 Å². The first kappa shape index (κ1) is 25.0. The van der Waals surface area contributed by atoms with Crippen molar-refractivity contribution in [2.24, 2.45) is 0 Å². The fourth-order valence-electron chi connectivity index (χ4n) is 5.34. The molecule has 0 aromatic heterocycles. The van der Waals surface area contributed by atoms with Gasteiger partial charge in [-0.3, -0.25) is 9.59 Å². The summed E-state index contributed by atoms with van der Waals surface area (Å²) in [4.78, 5) is 36.1. The number of carbonyl (C=O) groups excluding carboxylic acids is 2. The van der Waals surface area contributed by atoms with E-state index in [-0.39, 0.29) is 12.8 Å². The summed E-state index contributed by atoms with van der Waals surface area (Å²) in [7, 11) is 0. The molecule has 2 saturated heterocycles. The van der Waals surface area contributed by atoms with E-state index < -0.39 is 46.3 Å². The van der Waals surface area contributed by atoms with Gasteiger partial charge in [0, 0.05) is 0 Å². The van der Waals surface area contributed by atoms with Crippen molar-refractivity contribution in [2.45, 2.75) is 128 Å². The average molecular weight is 427 g/mol. The molecule has 172 valence electrons. The lowest BCUT2D eigenvalue weighted by Gasteiger charge is -2.51. The summed E-state index contributed by atoms with van der Waals surface area (Å²) in [6.07, 6.45) is -0.133. The van der Waals surface area contributed by atoms with Gasteiger partial charge in [0.1, 0.15) is 0 Å². The summed E-state index contributed by atoms with van der Waals surface area (Å²) < 4.78 is 0. The lowest BCUT2D eigenvalue weighted by molar-refractivity contribution is -0.283. The average Bonchev–Trinajstić information content (AvgIpc) is 2.50. The van der Waals surface area contributed by atoms with Crippen LogP contribution in [-0.4, -0.2) is 56.4 Å². The highest BCUT2D eigenvalue weighted by atomic mass is 16.7. The predicted octanol–water partition coefficient (Wildman–Crippen LogP) is 3.59. The highest BCUT2D eigenvalue weighted by Crippen LogP contribution is 2.40. The monoisotopic (exact) mass is 426 g/mol. The van der Waals surface area contributed by atoms with Crippen LogP contribution in [0.3, 0.4) is 0 Å². The quantitative estimate of drug-likeness (QED) is 0.666. The van der Waals surface area contributed by atoms with Gasteiger partial charge in [-0.2, -0.15) is 0 Å². The van der Waals surface area contributed by atoms with E-state index in [1.54, 1.807) is 10.1 Å². The summed E-state index contributed by atoms with van der Waals surface area (Å²) in [6, 6.07) is 0. The molecular weight excluding hydrogens is 388 g/mol. The molecule has 8 heteroatoms. The Kier molecular flexibility index (Phi) is 6.99. The van der Waals surface area contributed by atoms with Gasteiger partial charge in [0.2, 0.25) is 0 Å². The molecular formula is C22H38N2O6. The molecule has 30 heavy (non-hydrogen) atoms. The summed E-state index contributed by atoms with van der Waals surface area (Å²) in [5.74, 6) is -1.07. The van der Waals surface area contributed by atoms with Crippen LogP contribution >= 0.6 is 0 Å². The van der Waals surface area contributed by atoms with Crippen molar-refractivity contribution in [3.63, 3.8) is 0 Å². The SMILES string of the molecule is CC1(C)CC([O])CC(C)(C)N1OC(=O)CCC(=O)ON1C(C)(C)CC([O])CC1(C)C. The van der Waals surface area contributed by atoms with Crippen molar-refractivity contribution in [3.8, 4) is 0 Å². The van der Waals surface area contributed by atoms with Crippen molar-refractivity contribution in [1.82, 2.24) is 10.1 Å². The number of hydrogen-bond acceptors (Lipinski definition) is 6. The Morgan fingerprint density at radius 2 is 0.867 bits per heavy atom. The van der Waals surface area contributed by atoms with Crippen molar-refractivity contribution in [3.05, 3.63) is 0 Å². The zero-order valence-corrected chi connectivity index (χ0v) is 19.7. The van der Waals surface area contributed by atoms with Crippen molar-refractivity contribution in [2.75, 3.05) is 0 Å². The number of carbonyl (C=O) groups is 2. The second kappa shape index (κ2) is 8.37. The maximum absolute atomic E-state index is 12.5. The molecule has 2 fully saturated rings. The second-order valence-corrected chi connectivity index (χ2v) is 11.3. The molecule has 2 heterocycles. The molecule has 0 aliphatic carbocycles. The topological polar surface area (TPSA) is 98.9 Å². The Morgan fingerprint density at radius 1 is 0.633 bits per heavy atom. The van der Waals surface area contributed by atoms with Crippen LogP contribution in [0.25, 0.3) is 0 Å². The molecule has 0 aromatic carbocycles. The minimum Gasteiger partial charge on any atom is -0.367 e. The molecule has 0 unspecified atom stereocenters. The molecule has 0 atom stereocenters. The number of rotatable bonds is 5. The van der Waals surface area contributed by atoms with Gasteiger partial charge in [-0.25, -0.2) is 10.2 Å². The molecule has 2 radical (unpaired) electrons. The molecule has 0 aromatic rings. The zero-order valence-electron chi connectivity index (χ0n) is 19.7. The number of hydroxylamine groups is 4. The predicted molar refractivity (Wildman–Crippen MR) is 109 cm³/mol. The van der Waals surface area contributed by atoms with E-state index in [4.69, 9.17) is 9.68 Å². The lowest BCUT2D eigenvalue weighted by Crippen LogP contribution is -2.62. The van der Waals surface area contributed by atoms with Crippen LogP contribution in [0.5, 0.6) is 0 Å². The first-order valence-electron chi connectivity index (χ1n) is 10.8. The largest absolute Gasteiger partial charge is 0.367 e. The van der Waals surface area contributed by atoms with Crippen molar-refractivity contribution >= 4 is 11.9 Å². The number of hydrogen-bond donors (Lipinski definition) is 0. The first-order chi connectivity index (χ1) is 13.5. The van der Waals surface area contributed by atoms with Gasteiger partial charge in [0.05, 0.1) is 47.2 Å². The van der Waals surface area contributed by atoms with Crippen LogP contribution in [0.2, 0.25) is 0 Å². The molecule has 2 aliphatic rings. The molecule has 2 aliphatic heterocycles. The summed E-state index contributed by atoms with van der Waals surface area (Å²) in [5.41, 5.74) is -2.33. The van der Waals surface area contributed by atoms with E-state index in [0.717, 1.165) is 0 Å². The van der Waals surface area contributed by atoms with Crippen LogP contribution in [0, 0.1) is 0 Å². The van der Waals surface area contributed by atoms with Crippen molar-refractivity contribution < 1.29 is 29.5 Å². The fraction of sp³-hybridized carbons (Fsp3) is 0.909. The highest BCUT2D eigenvalue weighted by molar-refractivity contribution is 5.77. The van der Waals surface area contributed by atoms with E-state index in [1.807, 2.05) is 55.4 Å². The Hall–Kier alpha value is -1.22. The third-order valence-corrected chi connectivity index (χ3v) is 6.03. The molecule has 0 N–H and O–H groups in total. The Balaban J connectivity index is 1.94. The maximum atomic E-state index is 12.5. The Morgan fingerprint density at radius 3 is 1.10 bits per heavy atom. The molecule has 0 bridgehead atoms. The van der Waals surface area contributed by atoms with Gasteiger partial charge in [-0.15, -0.1) is 10.1 Å². The van der Waals surface area contributed by atoms with Crippen LogP contribution < -0.4 is 0 Å². The van der Waals surface area contributed by atoms with Crippen LogP contribution in [0.1, 0.15) is 93.9 Å². The van der Waals surface area contributed by atoms with E-state index in [2.05, 4.69) is 0 Å². The van der Waals surface area contributed by atoms with Gasteiger partial charge < -0.3 is 9.68 Å². The van der Waals surface area contributed by atoms with Gasteiger partial charge in [0.25, 0.3) is 0 Å². The van der Waals surface area contributed by atoms with Gasteiger partial charge in [0.15, 0.2) is 0 Å². The van der Waals surface area contributed by atoms with Crippen molar-refractivity contribution in [1.29, 1.82) is 0 Å². The fourth-order valence-corrected chi connectivity index (χ4v) is 5.34. The van der Waals surface area contributed by atoms with E-state index >= 15 is 0 Å². The van der Waals surface area contributed by atoms with Crippen LogP contribution in [-0.2, 0) is 29.5 Å². The molecule has 8 nitrogen and oxygen atoms in total. The molecule has 0 saturated carbocycles. The summed E-state index contributed by atoms with van der Waals surface area (Å²) >= 11 is 0.